The highest BCUT2D eigenvalue weighted by Crippen LogP contribution is 2.43. The molecule has 0 fully saturated rings. The van der Waals surface area contributed by atoms with Gasteiger partial charge in [-0.2, -0.15) is 0 Å². The molecule has 4 heterocycles. The monoisotopic (exact) mass is 641 g/mol. The molecule has 0 aliphatic heterocycles. The second-order valence-corrected chi connectivity index (χ2v) is 12.4. The molecule has 50 heavy (non-hydrogen) atoms. The molecule has 0 aliphatic rings. The highest BCUT2D eigenvalue weighted by atomic mass is 16.3. The molecule has 0 amide bonds. The summed E-state index contributed by atoms with van der Waals surface area (Å²) in [4.78, 5) is 14.8. The average Bonchev–Trinajstić information content (AvgIpc) is 3.77. The molecule has 0 atom stereocenters. The first-order valence-corrected chi connectivity index (χ1v) is 16.6. The van der Waals surface area contributed by atoms with Crippen molar-refractivity contribution in [1.29, 1.82) is 0 Å². The normalized spacial score (nSPS) is 11.6. The topological polar surface area (TPSA) is 65.0 Å². The van der Waals surface area contributed by atoms with E-state index >= 15 is 0 Å². The average molecular weight is 642 g/mol. The molecule has 0 aliphatic carbocycles. The van der Waals surface area contributed by atoms with Crippen molar-refractivity contribution in [2.24, 2.45) is 0 Å². The SMILES string of the molecule is c1ccc(-c2cc(-c3ccc(-c4ccc5c(c4)oc4ccccc45)c4c3oc3ccccc34)nc(-c3ccc(-c4ccccn4)cc3)n2)cc1. The Morgan fingerprint density at radius 2 is 1.02 bits per heavy atom. The van der Waals surface area contributed by atoms with Gasteiger partial charge in [-0.25, -0.2) is 9.97 Å². The standard InChI is InChI=1S/C45H27N3O2/c1-2-10-28(11-3-1)38-27-39(48-45(47-38)30-19-17-29(18-20-30)37-14-8-9-25-46-37)35-24-23-32(43-36-13-5-7-16-41(36)50-44(35)43)31-21-22-34-33-12-4-6-15-40(33)49-42(34)26-31/h1-27H. The first kappa shape index (κ1) is 28.2. The van der Waals surface area contributed by atoms with Gasteiger partial charge in [0.1, 0.15) is 22.3 Å². The summed E-state index contributed by atoms with van der Waals surface area (Å²) in [7, 11) is 0. The highest BCUT2D eigenvalue weighted by Gasteiger charge is 2.20. The third-order valence-electron chi connectivity index (χ3n) is 9.39. The summed E-state index contributed by atoms with van der Waals surface area (Å²) >= 11 is 0. The van der Waals surface area contributed by atoms with Crippen molar-refractivity contribution in [3.63, 3.8) is 0 Å². The number of fused-ring (bicyclic) bond motifs is 6. The van der Waals surface area contributed by atoms with E-state index in [1.54, 1.807) is 0 Å². The van der Waals surface area contributed by atoms with Crippen LogP contribution in [-0.4, -0.2) is 15.0 Å². The maximum Gasteiger partial charge on any atom is 0.160 e. The molecule has 0 radical (unpaired) electrons. The fourth-order valence-electron chi connectivity index (χ4n) is 6.96. The Morgan fingerprint density at radius 1 is 0.380 bits per heavy atom. The number of pyridine rings is 1. The van der Waals surface area contributed by atoms with E-state index in [4.69, 9.17) is 18.8 Å². The summed E-state index contributed by atoms with van der Waals surface area (Å²) in [6, 6.07) is 53.6. The van der Waals surface area contributed by atoms with Crippen molar-refractivity contribution >= 4 is 43.9 Å². The molecule has 0 spiro atoms. The number of furan rings is 2. The van der Waals surface area contributed by atoms with Crippen LogP contribution in [0.5, 0.6) is 0 Å². The number of nitrogens with zero attached hydrogens (tertiary/aromatic N) is 3. The molecular weight excluding hydrogens is 615 g/mol. The largest absolute Gasteiger partial charge is 0.456 e. The van der Waals surface area contributed by atoms with E-state index in [0.717, 1.165) is 94.3 Å². The number of para-hydroxylation sites is 2. The van der Waals surface area contributed by atoms with Gasteiger partial charge in [0.25, 0.3) is 0 Å². The molecule has 10 rings (SSSR count). The van der Waals surface area contributed by atoms with Crippen molar-refractivity contribution in [3.05, 3.63) is 164 Å². The van der Waals surface area contributed by atoms with Gasteiger partial charge in [-0.3, -0.25) is 4.98 Å². The van der Waals surface area contributed by atoms with E-state index < -0.39 is 0 Å². The van der Waals surface area contributed by atoms with Gasteiger partial charge in [-0.05, 0) is 59.7 Å². The Bertz CT molecular complexity index is 2850. The smallest absolute Gasteiger partial charge is 0.160 e. The predicted octanol–water partition coefficient (Wildman–Crippen LogP) is 12.0. The maximum atomic E-state index is 6.70. The first-order valence-electron chi connectivity index (χ1n) is 16.6. The summed E-state index contributed by atoms with van der Waals surface area (Å²) in [6.07, 6.45) is 1.81. The van der Waals surface area contributed by atoms with Crippen LogP contribution in [-0.2, 0) is 0 Å². The molecular formula is C45H27N3O2. The third kappa shape index (κ3) is 4.67. The van der Waals surface area contributed by atoms with E-state index in [2.05, 4.69) is 96.0 Å². The zero-order chi connectivity index (χ0) is 33.0. The lowest BCUT2D eigenvalue weighted by Gasteiger charge is -2.12. The van der Waals surface area contributed by atoms with Crippen LogP contribution in [0.2, 0.25) is 0 Å². The van der Waals surface area contributed by atoms with Crippen LogP contribution in [0.25, 0.3) is 100 Å². The molecule has 0 bridgehead atoms. The fourth-order valence-corrected chi connectivity index (χ4v) is 6.96. The summed E-state index contributed by atoms with van der Waals surface area (Å²) in [5, 5.41) is 4.30. The minimum Gasteiger partial charge on any atom is -0.456 e. The van der Waals surface area contributed by atoms with E-state index in [9.17, 15) is 0 Å². The molecule has 234 valence electrons. The van der Waals surface area contributed by atoms with Gasteiger partial charge < -0.3 is 8.83 Å². The summed E-state index contributed by atoms with van der Waals surface area (Å²) in [6.45, 7) is 0. The molecule has 5 nitrogen and oxygen atoms in total. The van der Waals surface area contributed by atoms with Crippen molar-refractivity contribution in [2.45, 2.75) is 0 Å². The molecule has 0 N–H and O–H groups in total. The molecule has 4 aromatic heterocycles. The van der Waals surface area contributed by atoms with Crippen molar-refractivity contribution in [1.82, 2.24) is 15.0 Å². The molecule has 0 saturated heterocycles. The Labute approximate surface area is 287 Å². The molecule has 0 saturated carbocycles. The minimum atomic E-state index is 0.637. The third-order valence-corrected chi connectivity index (χ3v) is 9.39. The number of benzene rings is 6. The van der Waals surface area contributed by atoms with Crippen molar-refractivity contribution < 1.29 is 8.83 Å². The van der Waals surface area contributed by atoms with Crippen molar-refractivity contribution in [3.8, 4) is 56.3 Å². The van der Waals surface area contributed by atoms with Gasteiger partial charge in [0.05, 0.1) is 17.1 Å². The van der Waals surface area contributed by atoms with Crippen LogP contribution >= 0.6 is 0 Å². The number of rotatable bonds is 5. The Morgan fingerprint density at radius 3 is 1.84 bits per heavy atom. The Hall–Kier alpha value is -6.85. The number of hydrogen-bond donors (Lipinski definition) is 0. The van der Waals surface area contributed by atoms with Gasteiger partial charge in [0.15, 0.2) is 5.82 Å². The molecule has 10 aromatic rings. The lowest BCUT2D eigenvalue weighted by Crippen LogP contribution is -1.96. The van der Waals surface area contributed by atoms with Crippen LogP contribution in [0.3, 0.4) is 0 Å². The van der Waals surface area contributed by atoms with Crippen LogP contribution in [0.1, 0.15) is 0 Å². The van der Waals surface area contributed by atoms with Crippen LogP contribution in [0.4, 0.5) is 0 Å². The summed E-state index contributed by atoms with van der Waals surface area (Å²) in [5.41, 5.74) is 11.9. The van der Waals surface area contributed by atoms with Crippen molar-refractivity contribution in [2.75, 3.05) is 0 Å². The minimum absolute atomic E-state index is 0.637. The van der Waals surface area contributed by atoms with Crippen LogP contribution in [0.15, 0.2) is 173 Å². The van der Waals surface area contributed by atoms with Gasteiger partial charge in [0, 0.05) is 50.0 Å². The fraction of sp³-hybridized carbons (Fsp3) is 0. The van der Waals surface area contributed by atoms with Gasteiger partial charge in [-0.15, -0.1) is 0 Å². The van der Waals surface area contributed by atoms with E-state index in [0.29, 0.717) is 5.82 Å². The molecule has 6 aromatic carbocycles. The first-order chi connectivity index (χ1) is 24.8. The lowest BCUT2D eigenvalue weighted by atomic mass is 9.95. The number of hydrogen-bond acceptors (Lipinski definition) is 5. The molecule has 0 unspecified atom stereocenters. The van der Waals surface area contributed by atoms with Crippen LogP contribution in [0, 0.1) is 0 Å². The number of aromatic nitrogens is 3. The lowest BCUT2D eigenvalue weighted by molar-refractivity contribution is 0.668. The molecule has 5 heteroatoms. The highest BCUT2D eigenvalue weighted by molar-refractivity contribution is 6.17. The summed E-state index contributed by atoms with van der Waals surface area (Å²) < 4.78 is 13.0. The second kappa shape index (κ2) is 11.4. The summed E-state index contributed by atoms with van der Waals surface area (Å²) in [5.74, 6) is 0.637. The van der Waals surface area contributed by atoms with Gasteiger partial charge in [-0.1, -0.05) is 109 Å². The second-order valence-electron chi connectivity index (χ2n) is 12.4. The zero-order valence-corrected chi connectivity index (χ0v) is 26.7. The van der Waals surface area contributed by atoms with E-state index in [1.807, 2.05) is 72.9 Å². The van der Waals surface area contributed by atoms with Gasteiger partial charge >= 0.3 is 0 Å². The zero-order valence-electron chi connectivity index (χ0n) is 26.7. The quantitative estimate of drug-likeness (QED) is 0.187. The van der Waals surface area contributed by atoms with Gasteiger partial charge in [0.2, 0.25) is 0 Å². The Balaban J connectivity index is 1.17. The maximum absolute atomic E-state index is 6.70. The van der Waals surface area contributed by atoms with E-state index in [-0.39, 0.29) is 0 Å². The predicted molar refractivity (Wildman–Crippen MR) is 202 cm³/mol. The Kier molecular flexibility index (Phi) is 6.42. The van der Waals surface area contributed by atoms with E-state index in [1.165, 1.54) is 0 Å². The van der Waals surface area contributed by atoms with Crippen LogP contribution < -0.4 is 0 Å².